The average Bonchev–Trinajstić information content (AvgIpc) is 2.73. The van der Waals surface area contributed by atoms with E-state index in [4.69, 9.17) is 0 Å². The molecular weight excluding hydrogens is 360 g/mol. The highest BCUT2D eigenvalue weighted by atomic mass is 16.6. The predicted octanol–water partition coefficient (Wildman–Crippen LogP) is 3.17. The Morgan fingerprint density at radius 2 is 1.57 bits per heavy atom. The zero-order chi connectivity index (χ0) is 19.9. The summed E-state index contributed by atoms with van der Waals surface area (Å²) in [5.74, 6) is -0.638. The minimum Gasteiger partial charge on any atom is -0.348 e. The van der Waals surface area contributed by atoms with Crippen LogP contribution < -0.4 is 10.6 Å². The monoisotopic (exact) mass is 376 g/mol. The highest BCUT2D eigenvalue weighted by molar-refractivity contribution is 6.04. The van der Waals surface area contributed by atoms with Gasteiger partial charge in [-0.2, -0.15) is 0 Å². The van der Waals surface area contributed by atoms with Gasteiger partial charge in [-0.3, -0.25) is 24.7 Å². The molecule has 3 aromatic rings. The first-order valence-electron chi connectivity index (χ1n) is 8.36. The molecule has 2 amide bonds. The Hall–Kier alpha value is -4.07. The van der Waals surface area contributed by atoms with E-state index >= 15 is 0 Å². The number of anilines is 1. The highest BCUT2D eigenvalue weighted by Crippen LogP contribution is 2.15. The number of carbonyl (C=O) groups excluding carboxylic acids is 2. The van der Waals surface area contributed by atoms with Crippen LogP contribution in [0.5, 0.6) is 0 Å². The molecule has 2 N–H and O–H groups in total. The molecule has 1 aromatic heterocycles. The lowest BCUT2D eigenvalue weighted by Gasteiger charge is -2.08. The lowest BCUT2D eigenvalue weighted by atomic mass is 10.1. The van der Waals surface area contributed by atoms with Gasteiger partial charge in [-0.1, -0.05) is 6.07 Å². The van der Waals surface area contributed by atoms with Gasteiger partial charge in [-0.15, -0.1) is 0 Å². The third-order valence-electron chi connectivity index (χ3n) is 3.92. The van der Waals surface area contributed by atoms with Crippen LogP contribution in [0.2, 0.25) is 0 Å². The Balaban J connectivity index is 1.58. The first kappa shape index (κ1) is 18.7. The van der Waals surface area contributed by atoms with Crippen LogP contribution >= 0.6 is 0 Å². The second-order valence-electron chi connectivity index (χ2n) is 5.88. The number of nitrogens with one attached hydrogen (secondary N) is 2. The van der Waals surface area contributed by atoms with Gasteiger partial charge >= 0.3 is 0 Å². The van der Waals surface area contributed by atoms with Gasteiger partial charge in [0.05, 0.1) is 4.92 Å². The molecule has 0 aliphatic heterocycles. The molecule has 28 heavy (non-hydrogen) atoms. The number of pyridine rings is 1. The standard InChI is InChI=1S/C20H16N4O4/c25-19(22-13-14-2-1-11-21-12-14)15-3-7-17(8-4-15)23-20(26)16-5-9-18(10-6-16)24(27)28/h1-12H,13H2,(H,22,25)(H,23,26). The number of non-ortho nitro benzene ring substituents is 1. The predicted molar refractivity (Wildman–Crippen MR) is 103 cm³/mol. The fourth-order valence-electron chi connectivity index (χ4n) is 2.43. The number of hydrogen-bond donors (Lipinski definition) is 2. The minimum absolute atomic E-state index is 0.0850. The lowest BCUT2D eigenvalue weighted by molar-refractivity contribution is -0.384. The van der Waals surface area contributed by atoms with E-state index in [1.165, 1.54) is 24.3 Å². The summed E-state index contributed by atoms with van der Waals surface area (Å²) in [4.78, 5) is 38.5. The van der Waals surface area contributed by atoms with Crippen LogP contribution in [-0.2, 0) is 6.54 Å². The van der Waals surface area contributed by atoms with Gasteiger partial charge in [0.2, 0.25) is 0 Å². The molecule has 0 saturated carbocycles. The average molecular weight is 376 g/mol. The van der Waals surface area contributed by atoms with Gasteiger partial charge in [0, 0.05) is 47.9 Å². The SMILES string of the molecule is O=C(NCc1cccnc1)c1ccc(NC(=O)c2ccc([N+](=O)[O-])cc2)cc1. The number of aromatic nitrogens is 1. The first-order chi connectivity index (χ1) is 13.5. The number of nitro benzene ring substituents is 1. The second kappa shape index (κ2) is 8.54. The third-order valence-corrected chi connectivity index (χ3v) is 3.92. The molecule has 0 aliphatic rings. The molecule has 8 heteroatoms. The number of hydrogen-bond acceptors (Lipinski definition) is 5. The normalized spacial score (nSPS) is 10.1. The van der Waals surface area contributed by atoms with E-state index in [-0.39, 0.29) is 11.6 Å². The van der Waals surface area contributed by atoms with Gasteiger partial charge in [0.15, 0.2) is 0 Å². The number of benzene rings is 2. The largest absolute Gasteiger partial charge is 0.348 e. The Morgan fingerprint density at radius 1 is 0.929 bits per heavy atom. The Kier molecular flexibility index (Phi) is 5.71. The zero-order valence-electron chi connectivity index (χ0n) is 14.7. The second-order valence-corrected chi connectivity index (χ2v) is 5.88. The molecule has 0 radical (unpaired) electrons. The summed E-state index contributed by atoms with van der Waals surface area (Å²) in [5.41, 5.74) is 2.06. The summed E-state index contributed by atoms with van der Waals surface area (Å²) < 4.78 is 0. The highest BCUT2D eigenvalue weighted by Gasteiger charge is 2.10. The fourth-order valence-corrected chi connectivity index (χ4v) is 2.43. The van der Waals surface area contributed by atoms with Crippen molar-refractivity contribution in [1.82, 2.24) is 10.3 Å². The molecule has 0 atom stereocenters. The van der Waals surface area contributed by atoms with Crippen LogP contribution in [0, 0.1) is 10.1 Å². The van der Waals surface area contributed by atoms with Crippen LogP contribution in [0.15, 0.2) is 73.1 Å². The minimum atomic E-state index is -0.528. The Morgan fingerprint density at radius 3 is 2.18 bits per heavy atom. The van der Waals surface area contributed by atoms with Crippen molar-refractivity contribution in [1.29, 1.82) is 0 Å². The summed E-state index contributed by atoms with van der Waals surface area (Å²) >= 11 is 0. The van der Waals surface area contributed by atoms with E-state index in [1.54, 1.807) is 42.7 Å². The van der Waals surface area contributed by atoms with Crippen molar-refractivity contribution < 1.29 is 14.5 Å². The summed E-state index contributed by atoms with van der Waals surface area (Å²) in [6.07, 6.45) is 3.34. The Labute approximate surface area is 160 Å². The molecule has 8 nitrogen and oxygen atoms in total. The maximum Gasteiger partial charge on any atom is 0.269 e. The van der Waals surface area contributed by atoms with Gasteiger partial charge in [0.1, 0.15) is 0 Å². The van der Waals surface area contributed by atoms with E-state index in [9.17, 15) is 19.7 Å². The maximum atomic E-state index is 12.2. The van der Waals surface area contributed by atoms with E-state index in [2.05, 4.69) is 15.6 Å². The van der Waals surface area contributed by atoms with E-state index < -0.39 is 10.8 Å². The molecule has 1 heterocycles. The summed E-state index contributed by atoms with van der Waals surface area (Å²) in [7, 11) is 0. The third kappa shape index (κ3) is 4.76. The van der Waals surface area contributed by atoms with Crippen LogP contribution in [0.1, 0.15) is 26.3 Å². The van der Waals surface area contributed by atoms with Gasteiger partial charge in [-0.25, -0.2) is 0 Å². The molecular formula is C20H16N4O4. The van der Waals surface area contributed by atoms with E-state index in [1.807, 2.05) is 6.07 Å². The summed E-state index contributed by atoms with van der Waals surface area (Å²) in [5, 5.41) is 16.1. The maximum absolute atomic E-state index is 12.2. The molecule has 3 rings (SSSR count). The number of amides is 2. The number of nitrogens with zero attached hydrogens (tertiary/aromatic N) is 2. The van der Waals surface area contributed by atoms with E-state index in [0.717, 1.165) is 5.56 Å². The van der Waals surface area contributed by atoms with Crippen LogP contribution in [0.25, 0.3) is 0 Å². The molecule has 0 spiro atoms. The fraction of sp³-hybridized carbons (Fsp3) is 0.0500. The molecule has 0 fully saturated rings. The van der Waals surface area contributed by atoms with Gasteiger partial charge in [-0.05, 0) is 48.0 Å². The van der Waals surface area contributed by atoms with Crippen LogP contribution in [0.4, 0.5) is 11.4 Å². The van der Waals surface area contributed by atoms with Crippen molar-refractivity contribution in [2.75, 3.05) is 5.32 Å². The molecule has 0 saturated heterocycles. The number of rotatable bonds is 6. The van der Waals surface area contributed by atoms with Crippen molar-refractivity contribution in [3.8, 4) is 0 Å². The number of carbonyl (C=O) groups is 2. The molecule has 0 unspecified atom stereocenters. The quantitative estimate of drug-likeness (QED) is 0.507. The molecule has 0 bridgehead atoms. The molecule has 2 aromatic carbocycles. The van der Waals surface area contributed by atoms with Crippen molar-refractivity contribution in [3.63, 3.8) is 0 Å². The van der Waals surface area contributed by atoms with Crippen molar-refractivity contribution in [3.05, 3.63) is 99.9 Å². The molecule has 140 valence electrons. The Bertz CT molecular complexity index is 987. The van der Waals surface area contributed by atoms with Crippen molar-refractivity contribution >= 4 is 23.2 Å². The number of nitro groups is 1. The van der Waals surface area contributed by atoms with Crippen molar-refractivity contribution in [2.24, 2.45) is 0 Å². The zero-order valence-corrected chi connectivity index (χ0v) is 14.7. The summed E-state index contributed by atoms with van der Waals surface area (Å²) in [6.45, 7) is 0.366. The topological polar surface area (TPSA) is 114 Å². The van der Waals surface area contributed by atoms with Gasteiger partial charge in [0.25, 0.3) is 17.5 Å². The van der Waals surface area contributed by atoms with Crippen LogP contribution in [-0.4, -0.2) is 21.7 Å². The lowest BCUT2D eigenvalue weighted by Crippen LogP contribution is -2.22. The van der Waals surface area contributed by atoms with Crippen LogP contribution in [0.3, 0.4) is 0 Å². The van der Waals surface area contributed by atoms with E-state index in [0.29, 0.717) is 23.4 Å². The summed E-state index contributed by atoms with van der Waals surface area (Å²) in [6, 6.07) is 15.4. The molecule has 0 aliphatic carbocycles. The van der Waals surface area contributed by atoms with Crippen molar-refractivity contribution in [2.45, 2.75) is 6.54 Å². The smallest absolute Gasteiger partial charge is 0.269 e. The first-order valence-corrected chi connectivity index (χ1v) is 8.36. The van der Waals surface area contributed by atoms with Gasteiger partial charge < -0.3 is 10.6 Å².